The number of hydrogen-bond donors (Lipinski definition) is 1. The highest BCUT2D eigenvalue weighted by molar-refractivity contribution is 5.74. The zero-order valence-electron chi connectivity index (χ0n) is 16.0. The highest BCUT2D eigenvalue weighted by Crippen LogP contribution is 2.57. The van der Waals surface area contributed by atoms with Gasteiger partial charge in [-0.25, -0.2) is 0 Å². The second-order valence-corrected chi connectivity index (χ2v) is 9.18. The molecular formula is C21H36O3. The standard InChI is InChI=1S/C21H36O3/c1-5-16-13-11-18(17(16)6-2)19(12-13)20(23)24-21(3,4)14-7-9-15(22)10-8-14/h13-19,22H,5-12H2,1-4H3. The molecule has 0 aromatic carbocycles. The van der Waals surface area contributed by atoms with Crippen molar-refractivity contribution >= 4 is 5.97 Å². The molecule has 0 aromatic heterocycles. The zero-order valence-corrected chi connectivity index (χ0v) is 16.0. The van der Waals surface area contributed by atoms with Gasteiger partial charge in [-0.15, -0.1) is 0 Å². The van der Waals surface area contributed by atoms with Crippen LogP contribution in [-0.2, 0) is 9.53 Å². The third-order valence-electron chi connectivity index (χ3n) is 7.64. The fourth-order valence-corrected chi connectivity index (χ4v) is 6.30. The lowest BCUT2D eigenvalue weighted by Crippen LogP contribution is -2.42. The molecule has 0 radical (unpaired) electrons. The molecule has 2 bridgehead atoms. The molecule has 3 aliphatic carbocycles. The van der Waals surface area contributed by atoms with Crippen LogP contribution in [-0.4, -0.2) is 22.8 Å². The van der Waals surface area contributed by atoms with Crippen LogP contribution in [0.3, 0.4) is 0 Å². The molecule has 5 unspecified atom stereocenters. The summed E-state index contributed by atoms with van der Waals surface area (Å²) in [5.41, 5.74) is -0.398. The number of fused-ring (bicyclic) bond motifs is 2. The van der Waals surface area contributed by atoms with E-state index < -0.39 is 5.60 Å². The average molecular weight is 337 g/mol. The molecule has 0 saturated heterocycles. The maximum Gasteiger partial charge on any atom is 0.309 e. The Kier molecular flexibility index (Phi) is 5.30. The molecule has 24 heavy (non-hydrogen) atoms. The molecule has 0 spiro atoms. The lowest BCUT2D eigenvalue weighted by Gasteiger charge is -2.40. The van der Waals surface area contributed by atoms with Gasteiger partial charge in [-0.05, 0) is 82.0 Å². The summed E-state index contributed by atoms with van der Waals surface area (Å²) in [5.74, 6) is 3.43. The lowest BCUT2D eigenvalue weighted by molar-refractivity contribution is -0.172. The van der Waals surface area contributed by atoms with Gasteiger partial charge in [0.25, 0.3) is 0 Å². The van der Waals surface area contributed by atoms with Crippen molar-refractivity contribution in [2.45, 2.75) is 90.8 Å². The lowest BCUT2D eigenvalue weighted by atomic mass is 9.71. The Bertz CT molecular complexity index is 450. The van der Waals surface area contributed by atoms with E-state index in [0.29, 0.717) is 11.8 Å². The number of carbonyl (C=O) groups excluding carboxylic acids is 1. The van der Waals surface area contributed by atoms with E-state index in [1.165, 1.54) is 19.3 Å². The van der Waals surface area contributed by atoms with Gasteiger partial charge in [-0.2, -0.15) is 0 Å². The monoisotopic (exact) mass is 336 g/mol. The maximum atomic E-state index is 12.9. The van der Waals surface area contributed by atoms with Gasteiger partial charge in [0, 0.05) is 0 Å². The normalized spacial score (nSPS) is 42.3. The highest BCUT2D eigenvalue weighted by Gasteiger charge is 2.54. The number of aliphatic hydroxyl groups excluding tert-OH is 1. The van der Waals surface area contributed by atoms with Gasteiger partial charge >= 0.3 is 5.97 Å². The summed E-state index contributed by atoms with van der Waals surface area (Å²) in [4.78, 5) is 12.9. The zero-order chi connectivity index (χ0) is 17.5. The molecule has 138 valence electrons. The molecule has 0 amide bonds. The van der Waals surface area contributed by atoms with Crippen LogP contribution in [0.4, 0.5) is 0 Å². The van der Waals surface area contributed by atoms with E-state index in [2.05, 4.69) is 27.7 Å². The molecule has 3 fully saturated rings. The van der Waals surface area contributed by atoms with E-state index in [0.717, 1.165) is 49.9 Å². The van der Waals surface area contributed by atoms with Crippen molar-refractivity contribution in [3.05, 3.63) is 0 Å². The molecule has 3 saturated carbocycles. The molecule has 0 aromatic rings. The summed E-state index contributed by atoms with van der Waals surface area (Å²) in [7, 11) is 0. The molecule has 3 heteroatoms. The first kappa shape index (κ1) is 18.2. The molecule has 3 nitrogen and oxygen atoms in total. The Labute approximate surface area is 147 Å². The first-order valence-electron chi connectivity index (χ1n) is 10.3. The van der Waals surface area contributed by atoms with Gasteiger partial charge < -0.3 is 9.84 Å². The van der Waals surface area contributed by atoms with E-state index in [1.807, 2.05) is 0 Å². The highest BCUT2D eigenvalue weighted by atomic mass is 16.6. The summed E-state index contributed by atoms with van der Waals surface area (Å²) in [6, 6.07) is 0. The Morgan fingerprint density at radius 1 is 1.04 bits per heavy atom. The van der Waals surface area contributed by atoms with Crippen molar-refractivity contribution in [2.75, 3.05) is 0 Å². The summed E-state index contributed by atoms with van der Waals surface area (Å²) < 4.78 is 6.09. The molecular weight excluding hydrogens is 300 g/mol. The van der Waals surface area contributed by atoms with E-state index in [-0.39, 0.29) is 18.0 Å². The number of hydrogen-bond acceptors (Lipinski definition) is 3. The van der Waals surface area contributed by atoms with Crippen LogP contribution in [0.5, 0.6) is 0 Å². The van der Waals surface area contributed by atoms with E-state index in [1.54, 1.807) is 0 Å². The maximum absolute atomic E-state index is 12.9. The van der Waals surface area contributed by atoms with Crippen LogP contribution in [0.1, 0.15) is 79.1 Å². The van der Waals surface area contributed by atoms with Crippen LogP contribution in [0.15, 0.2) is 0 Å². The summed E-state index contributed by atoms with van der Waals surface area (Å²) in [6.45, 7) is 8.74. The molecule has 0 heterocycles. The van der Waals surface area contributed by atoms with Crippen molar-refractivity contribution in [1.29, 1.82) is 0 Å². The van der Waals surface area contributed by atoms with Crippen LogP contribution in [0.25, 0.3) is 0 Å². The van der Waals surface area contributed by atoms with E-state index in [4.69, 9.17) is 4.74 Å². The number of ether oxygens (including phenoxy) is 1. The van der Waals surface area contributed by atoms with Gasteiger partial charge in [0.05, 0.1) is 12.0 Å². The van der Waals surface area contributed by atoms with Crippen LogP contribution in [0, 0.1) is 35.5 Å². The molecule has 3 rings (SSSR count). The van der Waals surface area contributed by atoms with Gasteiger partial charge in [0.2, 0.25) is 0 Å². The second kappa shape index (κ2) is 6.97. The van der Waals surface area contributed by atoms with Crippen molar-refractivity contribution in [3.8, 4) is 0 Å². The third-order valence-corrected chi connectivity index (χ3v) is 7.64. The minimum Gasteiger partial charge on any atom is -0.459 e. The second-order valence-electron chi connectivity index (χ2n) is 9.18. The van der Waals surface area contributed by atoms with Crippen molar-refractivity contribution in [3.63, 3.8) is 0 Å². The van der Waals surface area contributed by atoms with E-state index in [9.17, 15) is 9.90 Å². The summed E-state index contributed by atoms with van der Waals surface area (Å²) in [6.07, 6.45) is 8.22. The topological polar surface area (TPSA) is 46.5 Å². The van der Waals surface area contributed by atoms with Gasteiger partial charge in [0.15, 0.2) is 0 Å². The quantitative estimate of drug-likeness (QED) is 0.748. The Morgan fingerprint density at radius 3 is 2.25 bits per heavy atom. The SMILES string of the molecule is CCC1C2CC(C(=O)OC(C)(C)C3CCC(O)CC3)C(C2)C1CC. The fourth-order valence-electron chi connectivity index (χ4n) is 6.30. The number of carbonyl (C=O) groups is 1. The average Bonchev–Trinajstić information content (AvgIpc) is 3.12. The van der Waals surface area contributed by atoms with Gasteiger partial charge in [0.1, 0.15) is 5.60 Å². The van der Waals surface area contributed by atoms with Crippen molar-refractivity contribution < 1.29 is 14.6 Å². The minimum absolute atomic E-state index is 0.0617. The predicted molar refractivity (Wildman–Crippen MR) is 95.4 cm³/mol. The Hall–Kier alpha value is -0.570. The van der Waals surface area contributed by atoms with Crippen LogP contribution in [0.2, 0.25) is 0 Å². The van der Waals surface area contributed by atoms with Crippen LogP contribution < -0.4 is 0 Å². The third kappa shape index (κ3) is 3.25. The summed E-state index contributed by atoms with van der Waals surface area (Å²) >= 11 is 0. The largest absolute Gasteiger partial charge is 0.459 e. The van der Waals surface area contributed by atoms with Crippen molar-refractivity contribution in [1.82, 2.24) is 0 Å². The first-order chi connectivity index (χ1) is 11.4. The van der Waals surface area contributed by atoms with Gasteiger partial charge in [-0.3, -0.25) is 4.79 Å². The van der Waals surface area contributed by atoms with Crippen molar-refractivity contribution in [2.24, 2.45) is 35.5 Å². The molecule has 1 N–H and O–H groups in total. The molecule has 5 atom stereocenters. The molecule has 0 aliphatic heterocycles. The molecule has 3 aliphatic rings. The Morgan fingerprint density at radius 2 is 1.67 bits per heavy atom. The number of rotatable bonds is 5. The predicted octanol–water partition coefficient (Wildman–Crippen LogP) is 4.57. The summed E-state index contributed by atoms with van der Waals surface area (Å²) in [5, 5.41) is 9.72. The Balaban J connectivity index is 1.61. The number of aliphatic hydroxyl groups is 1. The minimum atomic E-state index is -0.398. The first-order valence-corrected chi connectivity index (χ1v) is 10.3. The fraction of sp³-hybridized carbons (Fsp3) is 0.952. The smallest absolute Gasteiger partial charge is 0.309 e. The van der Waals surface area contributed by atoms with Crippen LogP contribution >= 0.6 is 0 Å². The van der Waals surface area contributed by atoms with Gasteiger partial charge in [-0.1, -0.05) is 26.7 Å². The van der Waals surface area contributed by atoms with E-state index >= 15 is 0 Å². The number of esters is 1.